The van der Waals surface area contributed by atoms with Gasteiger partial charge in [-0.3, -0.25) is 4.79 Å². The molecule has 19 heavy (non-hydrogen) atoms. The molecule has 2 rings (SSSR count). The summed E-state index contributed by atoms with van der Waals surface area (Å²) in [7, 11) is -3.78. The van der Waals surface area contributed by atoms with Gasteiger partial charge >= 0.3 is 0 Å². The molecule has 0 radical (unpaired) electrons. The molecule has 1 aliphatic rings. The maximum absolute atomic E-state index is 12.0. The minimum atomic E-state index is -3.78. The van der Waals surface area contributed by atoms with Gasteiger partial charge in [0.25, 0.3) is 5.91 Å². The summed E-state index contributed by atoms with van der Waals surface area (Å²) in [4.78, 5) is 11.9. The van der Waals surface area contributed by atoms with Crippen molar-refractivity contribution in [3.8, 4) is 0 Å². The normalized spacial score (nSPS) is 17.6. The Labute approximate surface area is 113 Å². The number of nitrogens with one attached hydrogen (secondary N) is 1. The van der Waals surface area contributed by atoms with Crippen LogP contribution in [0.4, 0.5) is 0 Å². The van der Waals surface area contributed by atoms with Crippen LogP contribution >= 0.6 is 0 Å². The Bertz CT molecular complexity index is 592. The zero-order chi connectivity index (χ0) is 14.1. The second-order valence-electron chi connectivity index (χ2n) is 5.42. The van der Waals surface area contributed by atoms with Gasteiger partial charge in [-0.1, -0.05) is 19.4 Å². The van der Waals surface area contributed by atoms with Gasteiger partial charge in [0.2, 0.25) is 10.0 Å². The summed E-state index contributed by atoms with van der Waals surface area (Å²) in [5.74, 6) is -0.265. The van der Waals surface area contributed by atoms with Gasteiger partial charge in [0.15, 0.2) is 0 Å². The molecule has 0 spiro atoms. The van der Waals surface area contributed by atoms with Gasteiger partial charge in [0.1, 0.15) is 0 Å². The second-order valence-corrected chi connectivity index (χ2v) is 6.98. The van der Waals surface area contributed by atoms with E-state index >= 15 is 0 Å². The van der Waals surface area contributed by atoms with Crippen molar-refractivity contribution in [2.24, 2.45) is 10.6 Å². The maximum Gasteiger partial charge on any atom is 0.251 e. The van der Waals surface area contributed by atoms with Gasteiger partial charge in [-0.15, -0.1) is 0 Å². The lowest BCUT2D eigenvalue weighted by atomic mass is 9.70. The molecule has 0 saturated heterocycles. The van der Waals surface area contributed by atoms with E-state index in [1.54, 1.807) is 6.07 Å². The highest BCUT2D eigenvalue weighted by atomic mass is 32.2. The van der Waals surface area contributed by atoms with Crippen molar-refractivity contribution in [2.75, 3.05) is 6.54 Å². The van der Waals surface area contributed by atoms with E-state index in [4.69, 9.17) is 5.14 Å². The molecule has 1 aromatic rings. The van der Waals surface area contributed by atoms with Crippen molar-refractivity contribution in [3.63, 3.8) is 0 Å². The quantitative estimate of drug-likeness (QED) is 0.871. The SMILES string of the molecule is CC1(CNC(=O)c2cccc(S(N)(=O)=O)c2)CCC1. The van der Waals surface area contributed by atoms with Crippen LogP contribution in [0.5, 0.6) is 0 Å². The Morgan fingerprint density at radius 2 is 2.11 bits per heavy atom. The molecule has 1 fully saturated rings. The number of benzene rings is 1. The molecule has 1 aliphatic carbocycles. The number of hydrogen-bond donors (Lipinski definition) is 2. The first-order valence-corrected chi connectivity index (χ1v) is 7.76. The van der Waals surface area contributed by atoms with Crippen molar-refractivity contribution < 1.29 is 13.2 Å². The van der Waals surface area contributed by atoms with E-state index in [-0.39, 0.29) is 16.2 Å². The van der Waals surface area contributed by atoms with Gasteiger partial charge in [-0.25, -0.2) is 13.6 Å². The standard InChI is InChI=1S/C13H18N2O3S/c1-13(6-3-7-13)9-15-12(16)10-4-2-5-11(8-10)19(14,17)18/h2,4-5,8H,3,6-7,9H2,1H3,(H,15,16)(H2,14,17,18). The molecular weight excluding hydrogens is 264 g/mol. The van der Waals surface area contributed by atoms with Crippen LogP contribution in [0.1, 0.15) is 36.5 Å². The molecule has 6 heteroatoms. The lowest BCUT2D eigenvalue weighted by Gasteiger charge is -2.38. The molecule has 1 saturated carbocycles. The zero-order valence-corrected chi connectivity index (χ0v) is 11.7. The summed E-state index contributed by atoms with van der Waals surface area (Å²) in [5.41, 5.74) is 0.502. The number of carbonyl (C=O) groups excluding carboxylic acids is 1. The third-order valence-electron chi connectivity index (χ3n) is 3.66. The third-order valence-corrected chi connectivity index (χ3v) is 4.57. The highest BCUT2D eigenvalue weighted by Crippen LogP contribution is 2.39. The number of amides is 1. The van der Waals surface area contributed by atoms with Crippen molar-refractivity contribution in [3.05, 3.63) is 29.8 Å². The molecule has 0 unspecified atom stereocenters. The molecule has 0 bridgehead atoms. The van der Waals surface area contributed by atoms with Crippen molar-refractivity contribution >= 4 is 15.9 Å². The van der Waals surface area contributed by atoms with Crippen molar-refractivity contribution in [1.82, 2.24) is 5.32 Å². The average molecular weight is 282 g/mol. The Morgan fingerprint density at radius 3 is 2.63 bits per heavy atom. The molecule has 0 aliphatic heterocycles. The number of nitrogens with two attached hydrogens (primary N) is 1. The van der Waals surface area contributed by atoms with E-state index in [1.807, 2.05) is 0 Å². The molecule has 104 valence electrons. The summed E-state index contributed by atoms with van der Waals surface area (Å²) in [6, 6.07) is 5.76. The predicted octanol–water partition coefficient (Wildman–Crippen LogP) is 1.25. The molecule has 5 nitrogen and oxygen atoms in total. The highest BCUT2D eigenvalue weighted by Gasteiger charge is 2.31. The van der Waals surface area contributed by atoms with E-state index in [0.717, 1.165) is 12.8 Å². The van der Waals surface area contributed by atoms with E-state index < -0.39 is 10.0 Å². The summed E-state index contributed by atoms with van der Waals surface area (Å²) >= 11 is 0. The summed E-state index contributed by atoms with van der Waals surface area (Å²) in [6.07, 6.45) is 3.43. The molecule has 1 amide bonds. The van der Waals surface area contributed by atoms with Crippen LogP contribution in [0.3, 0.4) is 0 Å². The minimum Gasteiger partial charge on any atom is -0.351 e. The molecule has 0 atom stereocenters. The van der Waals surface area contributed by atoms with Crippen LogP contribution < -0.4 is 10.5 Å². The van der Waals surface area contributed by atoms with Crippen molar-refractivity contribution in [1.29, 1.82) is 0 Å². The number of rotatable bonds is 4. The van der Waals surface area contributed by atoms with Crippen LogP contribution in [0, 0.1) is 5.41 Å². The van der Waals surface area contributed by atoms with Crippen LogP contribution in [-0.2, 0) is 10.0 Å². The minimum absolute atomic E-state index is 0.0463. The lowest BCUT2D eigenvalue weighted by molar-refractivity contribution is 0.0890. The van der Waals surface area contributed by atoms with Crippen LogP contribution in [-0.4, -0.2) is 20.9 Å². The lowest BCUT2D eigenvalue weighted by Crippen LogP contribution is -2.39. The van der Waals surface area contributed by atoms with Gasteiger partial charge in [0, 0.05) is 12.1 Å². The number of hydrogen-bond acceptors (Lipinski definition) is 3. The van der Waals surface area contributed by atoms with Crippen LogP contribution in [0.2, 0.25) is 0 Å². The van der Waals surface area contributed by atoms with Crippen LogP contribution in [0.25, 0.3) is 0 Å². The van der Waals surface area contributed by atoms with E-state index in [2.05, 4.69) is 12.2 Å². The fraction of sp³-hybridized carbons (Fsp3) is 0.462. The average Bonchev–Trinajstić information content (AvgIpc) is 2.33. The zero-order valence-electron chi connectivity index (χ0n) is 10.8. The molecule has 3 N–H and O–H groups in total. The van der Waals surface area contributed by atoms with E-state index in [1.165, 1.54) is 24.6 Å². The summed E-state index contributed by atoms with van der Waals surface area (Å²) in [5, 5.41) is 7.89. The van der Waals surface area contributed by atoms with Crippen molar-refractivity contribution in [2.45, 2.75) is 31.1 Å². The maximum atomic E-state index is 12.0. The largest absolute Gasteiger partial charge is 0.351 e. The first-order chi connectivity index (χ1) is 8.80. The first-order valence-electron chi connectivity index (χ1n) is 6.21. The fourth-order valence-electron chi connectivity index (χ4n) is 2.17. The van der Waals surface area contributed by atoms with Gasteiger partial charge in [-0.05, 0) is 36.5 Å². The molecule has 0 heterocycles. The summed E-state index contributed by atoms with van der Waals surface area (Å²) in [6.45, 7) is 2.75. The molecular formula is C13H18N2O3S. The second kappa shape index (κ2) is 4.94. The Morgan fingerprint density at radius 1 is 1.42 bits per heavy atom. The van der Waals surface area contributed by atoms with E-state index in [9.17, 15) is 13.2 Å². The highest BCUT2D eigenvalue weighted by molar-refractivity contribution is 7.89. The number of primary sulfonamides is 1. The number of carbonyl (C=O) groups is 1. The Kier molecular flexibility index (Phi) is 3.64. The topological polar surface area (TPSA) is 89.3 Å². The Balaban J connectivity index is 2.07. The number of sulfonamides is 1. The Hall–Kier alpha value is -1.40. The molecule has 0 aromatic heterocycles. The van der Waals surface area contributed by atoms with Gasteiger partial charge < -0.3 is 5.32 Å². The predicted molar refractivity (Wildman–Crippen MR) is 72.1 cm³/mol. The first kappa shape index (κ1) is 14.0. The molecule has 1 aromatic carbocycles. The van der Waals surface area contributed by atoms with Gasteiger partial charge in [-0.2, -0.15) is 0 Å². The van der Waals surface area contributed by atoms with Gasteiger partial charge in [0.05, 0.1) is 4.90 Å². The van der Waals surface area contributed by atoms with E-state index in [0.29, 0.717) is 12.1 Å². The fourth-order valence-corrected chi connectivity index (χ4v) is 2.73. The third kappa shape index (κ3) is 3.33. The smallest absolute Gasteiger partial charge is 0.251 e. The monoisotopic (exact) mass is 282 g/mol. The van der Waals surface area contributed by atoms with Crippen LogP contribution in [0.15, 0.2) is 29.2 Å². The summed E-state index contributed by atoms with van der Waals surface area (Å²) < 4.78 is 22.5.